The average Bonchev–Trinajstić information content (AvgIpc) is 2.26. The molecule has 0 aliphatic heterocycles. The monoisotopic (exact) mass is 250 g/mol. The molecule has 1 atom stereocenters. The van der Waals surface area contributed by atoms with E-state index in [4.69, 9.17) is 10.5 Å². The van der Waals surface area contributed by atoms with Gasteiger partial charge >= 0.3 is 0 Å². The molecule has 0 fully saturated rings. The number of hydrogen-bond donors (Lipinski definition) is 2. The van der Waals surface area contributed by atoms with E-state index >= 15 is 0 Å². The number of carbonyl (C=O) groups is 1. The third kappa shape index (κ3) is 4.04. The van der Waals surface area contributed by atoms with Crippen LogP contribution in [0.3, 0.4) is 0 Å². The second-order valence-corrected chi connectivity index (χ2v) is 4.84. The Morgan fingerprint density at radius 3 is 2.67 bits per heavy atom. The number of hydrogen-bond acceptors (Lipinski definition) is 3. The molecule has 4 heteroatoms. The summed E-state index contributed by atoms with van der Waals surface area (Å²) in [5.41, 5.74) is 9.34. The molecule has 0 aromatic heterocycles. The van der Waals surface area contributed by atoms with Crippen LogP contribution in [0.4, 0.5) is 11.4 Å². The van der Waals surface area contributed by atoms with Gasteiger partial charge in [-0.15, -0.1) is 0 Å². The lowest BCUT2D eigenvalue weighted by atomic mass is 10.1. The summed E-state index contributed by atoms with van der Waals surface area (Å²) in [7, 11) is 1.64. The van der Waals surface area contributed by atoms with Crippen LogP contribution in [0.1, 0.15) is 24.5 Å². The highest BCUT2D eigenvalue weighted by Crippen LogP contribution is 2.22. The molecule has 1 rings (SSSR count). The molecule has 0 aliphatic rings. The SMILES string of the molecule is COCC(C)CC(=O)Nc1cc(C)c(N)cc1C. The number of ether oxygens (including phenoxy) is 1. The van der Waals surface area contributed by atoms with Gasteiger partial charge in [0.2, 0.25) is 5.91 Å². The van der Waals surface area contributed by atoms with Crippen molar-refractivity contribution in [1.82, 2.24) is 0 Å². The first-order valence-corrected chi connectivity index (χ1v) is 6.09. The molecule has 4 nitrogen and oxygen atoms in total. The first kappa shape index (κ1) is 14.5. The van der Waals surface area contributed by atoms with Crippen LogP contribution < -0.4 is 11.1 Å². The molecule has 0 spiro atoms. The van der Waals surface area contributed by atoms with Crippen LogP contribution in [0, 0.1) is 19.8 Å². The number of benzene rings is 1. The number of amides is 1. The van der Waals surface area contributed by atoms with Crippen LogP contribution in [0.25, 0.3) is 0 Å². The number of nitrogens with one attached hydrogen (secondary N) is 1. The van der Waals surface area contributed by atoms with Gasteiger partial charge in [-0.25, -0.2) is 0 Å². The molecule has 1 aromatic rings. The fraction of sp³-hybridized carbons (Fsp3) is 0.500. The van der Waals surface area contributed by atoms with Crippen LogP contribution in [0.5, 0.6) is 0 Å². The molecule has 0 radical (unpaired) electrons. The number of anilines is 2. The number of nitrogen functional groups attached to an aromatic ring is 1. The standard InChI is InChI=1S/C14H22N2O2/c1-9(8-18-4)5-14(17)16-13-7-10(2)12(15)6-11(13)3/h6-7,9H,5,8,15H2,1-4H3,(H,16,17). The van der Waals surface area contributed by atoms with E-state index in [0.717, 1.165) is 22.5 Å². The number of methoxy groups -OCH3 is 1. The summed E-state index contributed by atoms with van der Waals surface area (Å²) in [6, 6.07) is 3.78. The van der Waals surface area contributed by atoms with E-state index < -0.39 is 0 Å². The Labute approximate surface area is 109 Å². The molecule has 1 amide bonds. The average molecular weight is 250 g/mol. The van der Waals surface area contributed by atoms with Crippen LogP contribution in [0.2, 0.25) is 0 Å². The van der Waals surface area contributed by atoms with E-state index in [2.05, 4.69) is 5.32 Å². The minimum atomic E-state index is 0.00632. The van der Waals surface area contributed by atoms with Crippen molar-refractivity contribution < 1.29 is 9.53 Å². The van der Waals surface area contributed by atoms with Gasteiger partial charge in [-0.2, -0.15) is 0 Å². The lowest BCUT2D eigenvalue weighted by molar-refractivity contribution is -0.117. The predicted octanol–water partition coefficient (Wildman–Crippen LogP) is 2.50. The molecule has 1 aromatic carbocycles. The molecule has 0 saturated carbocycles. The maximum absolute atomic E-state index is 11.8. The van der Waals surface area contributed by atoms with Crippen molar-refractivity contribution in [1.29, 1.82) is 0 Å². The van der Waals surface area contributed by atoms with Gasteiger partial charge in [0.05, 0.1) is 0 Å². The normalized spacial score (nSPS) is 12.2. The van der Waals surface area contributed by atoms with Crippen molar-refractivity contribution >= 4 is 17.3 Å². The third-order valence-corrected chi connectivity index (χ3v) is 2.87. The van der Waals surface area contributed by atoms with E-state index in [0.29, 0.717) is 13.0 Å². The smallest absolute Gasteiger partial charge is 0.224 e. The van der Waals surface area contributed by atoms with Gasteiger partial charge in [-0.3, -0.25) is 4.79 Å². The van der Waals surface area contributed by atoms with E-state index in [-0.39, 0.29) is 11.8 Å². The van der Waals surface area contributed by atoms with Gasteiger partial charge < -0.3 is 15.8 Å². The summed E-state index contributed by atoms with van der Waals surface area (Å²) in [6.45, 7) is 6.44. The van der Waals surface area contributed by atoms with Crippen molar-refractivity contribution in [3.05, 3.63) is 23.3 Å². The second-order valence-electron chi connectivity index (χ2n) is 4.84. The van der Waals surface area contributed by atoms with E-state index in [1.165, 1.54) is 0 Å². The van der Waals surface area contributed by atoms with Gasteiger partial charge in [0, 0.05) is 31.5 Å². The largest absolute Gasteiger partial charge is 0.399 e. The first-order chi connectivity index (χ1) is 8.43. The van der Waals surface area contributed by atoms with Gasteiger partial charge in [0.25, 0.3) is 0 Å². The number of rotatable bonds is 5. The van der Waals surface area contributed by atoms with E-state index in [1.807, 2.05) is 32.9 Å². The predicted molar refractivity (Wildman–Crippen MR) is 74.6 cm³/mol. The lowest BCUT2D eigenvalue weighted by Crippen LogP contribution is -2.18. The minimum absolute atomic E-state index is 0.00632. The van der Waals surface area contributed by atoms with Crippen LogP contribution in [-0.2, 0) is 9.53 Å². The topological polar surface area (TPSA) is 64.3 Å². The van der Waals surface area contributed by atoms with Crippen molar-refractivity contribution in [3.63, 3.8) is 0 Å². The summed E-state index contributed by atoms with van der Waals surface area (Å²) in [5, 5.41) is 2.92. The van der Waals surface area contributed by atoms with Crippen molar-refractivity contribution in [2.24, 2.45) is 5.92 Å². The Kier molecular flexibility index (Phi) is 5.16. The molecular formula is C14H22N2O2. The molecule has 0 heterocycles. The first-order valence-electron chi connectivity index (χ1n) is 6.09. The molecule has 100 valence electrons. The molecule has 18 heavy (non-hydrogen) atoms. The van der Waals surface area contributed by atoms with Crippen LogP contribution in [0.15, 0.2) is 12.1 Å². The highest BCUT2D eigenvalue weighted by Gasteiger charge is 2.11. The summed E-state index contributed by atoms with van der Waals surface area (Å²) in [5.74, 6) is 0.219. The van der Waals surface area contributed by atoms with Gasteiger partial charge in [-0.1, -0.05) is 6.92 Å². The summed E-state index contributed by atoms with van der Waals surface area (Å²) < 4.78 is 5.02. The molecular weight excluding hydrogens is 228 g/mol. The minimum Gasteiger partial charge on any atom is -0.399 e. The van der Waals surface area contributed by atoms with Crippen LogP contribution in [-0.4, -0.2) is 19.6 Å². The summed E-state index contributed by atoms with van der Waals surface area (Å²) >= 11 is 0. The van der Waals surface area contributed by atoms with Crippen molar-refractivity contribution in [2.45, 2.75) is 27.2 Å². The Bertz CT molecular complexity index is 430. The summed E-state index contributed by atoms with van der Waals surface area (Å²) in [6.07, 6.45) is 0.455. The zero-order valence-electron chi connectivity index (χ0n) is 11.5. The number of carbonyl (C=O) groups excluding carboxylic acids is 1. The fourth-order valence-corrected chi connectivity index (χ4v) is 1.83. The number of aryl methyl sites for hydroxylation is 2. The Morgan fingerprint density at radius 2 is 2.06 bits per heavy atom. The highest BCUT2D eigenvalue weighted by atomic mass is 16.5. The Hall–Kier alpha value is -1.55. The van der Waals surface area contributed by atoms with Gasteiger partial charge in [0.15, 0.2) is 0 Å². The molecule has 0 bridgehead atoms. The second kappa shape index (κ2) is 6.40. The van der Waals surface area contributed by atoms with Gasteiger partial charge in [-0.05, 0) is 43.0 Å². The maximum atomic E-state index is 11.8. The molecule has 3 N–H and O–H groups in total. The molecule has 1 unspecified atom stereocenters. The van der Waals surface area contributed by atoms with E-state index in [9.17, 15) is 4.79 Å². The number of nitrogens with two attached hydrogens (primary N) is 1. The lowest BCUT2D eigenvalue weighted by Gasteiger charge is -2.13. The van der Waals surface area contributed by atoms with E-state index in [1.54, 1.807) is 7.11 Å². The van der Waals surface area contributed by atoms with Crippen molar-refractivity contribution in [2.75, 3.05) is 24.8 Å². The molecule has 0 saturated heterocycles. The molecule has 0 aliphatic carbocycles. The Morgan fingerprint density at radius 1 is 1.39 bits per heavy atom. The maximum Gasteiger partial charge on any atom is 0.224 e. The van der Waals surface area contributed by atoms with Crippen molar-refractivity contribution in [3.8, 4) is 0 Å². The summed E-state index contributed by atoms with van der Waals surface area (Å²) in [4.78, 5) is 11.8. The zero-order chi connectivity index (χ0) is 13.7. The highest BCUT2D eigenvalue weighted by molar-refractivity contribution is 5.92. The zero-order valence-corrected chi connectivity index (χ0v) is 11.5. The third-order valence-electron chi connectivity index (χ3n) is 2.87. The van der Waals surface area contributed by atoms with Gasteiger partial charge in [0.1, 0.15) is 0 Å². The van der Waals surface area contributed by atoms with Crippen LogP contribution >= 0.6 is 0 Å². The Balaban J connectivity index is 2.67. The quantitative estimate of drug-likeness (QED) is 0.789. The fourth-order valence-electron chi connectivity index (χ4n) is 1.83.